The summed E-state index contributed by atoms with van der Waals surface area (Å²) in [5.74, 6) is 0. The number of nitrogens with two attached hydrogens (primary N) is 1. The van der Waals surface area contributed by atoms with Crippen LogP contribution >= 0.6 is 0 Å². The molecule has 2 N–H and O–H groups in total. The Hall–Kier alpha value is -1.03. The molecule has 2 rings (SSSR count). The predicted molar refractivity (Wildman–Crippen MR) is 61.2 cm³/mol. The molecule has 1 aromatic carbocycles. The molecule has 0 aromatic heterocycles. The lowest BCUT2D eigenvalue weighted by molar-refractivity contribution is 0.346. The Labute approximate surface area is 90.2 Å². The Kier molecular flexibility index (Phi) is 2.26. The molecule has 0 radical (unpaired) electrons. The third kappa shape index (κ3) is 1.53. The van der Waals surface area contributed by atoms with Gasteiger partial charge in [0.15, 0.2) is 9.84 Å². The van der Waals surface area contributed by atoms with E-state index in [-0.39, 0.29) is 0 Å². The van der Waals surface area contributed by atoms with E-state index in [0.717, 1.165) is 24.8 Å². The van der Waals surface area contributed by atoms with Crippen LogP contribution in [0.3, 0.4) is 0 Å². The maximum absolute atomic E-state index is 11.8. The van der Waals surface area contributed by atoms with Crippen molar-refractivity contribution in [3.63, 3.8) is 0 Å². The molecule has 0 atom stereocenters. The number of sulfone groups is 1. The van der Waals surface area contributed by atoms with Gasteiger partial charge in [-0.2, -0.15) is 0 Å². The molecule has 0 saturated heterocycles. The highest BCUT2D eigenvalue weighted by atomic mass is 32.2. The molecule has 1 aliphatic rings. The van der Waals surface area contributed by atoms with Crippen LogP contribution in [-0.4, -0.2) is 14.7 Å². The van der Waals surface area contributed by atoms with Crippen molar-refractivity contribution in [2.45, 2.75) is 24.0 Å². The van der Waals surface area contributed by atoms with Gasteiger partial charge in [-0.25, -0.2) is 8.42 Å². The monoisotopic (exact) mass is 225 g/mol. The average molecular weight is 225 g/mol. The molecule has 1 aliphatic carbocycles. The molecule has 4 heteroatoms. The van der Waals surface area contributed by atoms with Gasteiger partial charge >= 0.3 is 0 Å². The van der Waals surface area contributed by atoms with Crippen LogP contribution in [0.1, 0.15) is 24.8 Å². The first-order chi connectivity index (χ1) is 6.96. The molecule has 1 saturated carbocycles. The van der Waals surface area contributed by atoms with Crippen LogP contribution in [0.25, 0.3) is 0 Å². The summed E-state index contributed by atoms with van der Waals surface area (Å²) in [4.78, 5) is 0. The van der Waals surface area contributed by atoms with Gasteiger partial charge in [0, 0.05) is 11.9 Å². The third-order valence-corrected chi connectivity index (χ3v) is 5.35. The molecule has 1 aromatic rings. The number of nitrogen functional groups attached to an aromatic ring is 1. The predicted octanol–water partition coefficient (Wildman–Crippen LogP) is 1.69. The van der Waals surface area contributed by atoms with Crippen molar-refractivity contribution in [3.05, 3.63) is 29.8 Å². The van der Waals surface area contributed by atoms with E-state index in [0.29, 0.717) is 5.69 Å². The van der Waals surface area contributed by atoms with Gasteiger partial charge in [0.25, 0.3) is 0 Å². The summed E-state index contributed by atoms with van der Waals surface area (Å²) in [6.45, 7) is 0. The van der Waals surface area contributed by atoms with Crippen LogP contribution in [-0.2, 0) is 14.6 Å². The van der Waals surface area contributed by atoms with Gasteiger partial charge in [0.1, 0.15) is 0 Å². The second kappa shape index (κ2) is 3.23. The van der Waals surface area contributed by atoms with Gasteiger partial charge in [-0.3, -0.25) is 0 Å². The van der Waals surface area contributed by atoms with E-state index in [1.165, 1.54) is 6.26 Å². The van der Waals surface area contributed by atoms with Gasteiger partial charge in [-0.1, -0.05) is 12.1 Å². The van der Waals surface area contributed by atoms with E-state index in [4.69, 9.17) is 5.73 Å². The summed E-state index contributed by atoms with van der Waals surface area (Å²) in [7, 11) is -3.05. The quantitative estimate of drug-likeness (QED) is 0.779. The molecule has 0 aliphatic heterocycles. The SMILES string of the molecule is CS(=O)(=O)C1(c2cccc(N)c2)CCC1. The molecule has 0 bridgehead atoms. The number of anilines is 1. The highest BCUT2D eigenvalue weighted by Crippen LogP contribution is 2.47. The highest BCUT2D eigenvalue weighted by molar-refractivity contribution is 7.91. The Morgan fingerprint density at radius 2 is 2.00 bits per heavy atom. The largest absolute Gasteiger partial charge is 0.399 e. The smallest absolute Gasteiger partial charge is 0.157 e. The standard InChI is InChI=1S/C11H15NO2S/c1-15(13,14)11(6-3-7-11)9-4-2-5-10(12)8-9/h2,4-5,8H,3,6-7,12H2,1H3. The number of hydrogen-bond donors (Lipinski definition) is 1. The zero-order chi connectivity index (χ0) is 11.1. The first kappa shape index (κ1) is 10.5. The first-order valence-electron chi connectivity index (χ1n) is 5.01. The first-order valence-corrected chi connectivity index (χ1v) is 6.90. The van der Waals surface area contributed by atoms with Crippen LogP contribution in [0.15, 0.2) is 24.3 Å². The summed E-state index contributed by atoms with van der Waals surface area (Å²) < 4.78 is 22.9. The fraction of sp³-hybridized carbons (Fsp3) is 0.455. The van der Waals surface area contributed by atoms with E-state index in [9.17, 15) is 8.42 Å². The lowest BCUT2D eigenvalue weighted by atomic mass is 9.79. The van der Waals surface area contributed by atoms with E-state index < -0.39 is 14.6 Å². The van der Waals surface area contributed by atoms with E-state index >= 15 is 0 Å². The Bertz CT molecular complexity index is 475. The molecule has 15 heavy (non-hydrogen) atoms. The zero-order valence-corrected chi connectivity index (χ0v) is 9.55. The number of rotatable bonds is 2. The van der Waals surface area contributed by atoms with Crippen molar-refractivity contribution in [1.82, 2.24) is 0 Å². The van der Waals surface area contributed by atoms with Crippen molar-refractivity contribution >= 4 is 15.5 Å². The average Bonchev–Trinajstić information content (AvgIpc) is 1.98. The molecule has 0 heterocycles. The molecule has 3 nitrogen and oxygen atoms in total. The fourth-order valence-corrected chi connectivity index (χ4v) is 3.78. The van der Waals surface area contributed by atoms with Crippen LogP contribution in [0, 0.1) is 0 Å². The Morgan fingerprint density at radius 3 is 2.40 bits per heavy atom. The maximum Gasteiger partial charge on any atom is 0.157 e. The van der Waals surface area contributed by atoms with Gasteiger partial charge in [0.2, 0.25) is 0 Å². The summed E-state index contributed by atoms with van der Waals surface area (Å²) in [5, 5.41) is 0. The Morgan fingerprint density at radius 1 is 1.33 bits per heavy atom. The van der Waals surface area contributed by atoms with Crippen LogP contribution < -0.4 is 5.73 Å². The van der Waals surface area contributed by atoms with Crippen LogP contribution in [0.5, 0.6) is 0 Å². The second-order valence-corrected chi connectivity index (χ2v) is 6.57. The van der Waals surface area contributed by atoms with E-state index in [1.807, 2.05) is 12.1 Å². The number of benzene rings is 1. The van der Waals surface area contributed by atoms with Crippen molar-refractivity contribution in [2.24, 2.45) is 0 Å². The van der Waals surface area contributed by atoms with Crippen molar-refractivity contribution in [3.8, 4) is 0 Å². The summed E-state index contributed by atoms with van der Waals surface area (Å²) in [6.07, 6.45) is 3.72. The normalized spacial score (nSPS) is 19.5. The van der Waals surface area contributed by atoms with Gasteiger partial charge < -0.3 is 5.73 Å². The minimum absolute atomic E-state index is 0.627. The topological polar surface area (TPSA) is 60.2 Å². The molecule has 0 amide bonds. The van der Waals surface area contributed by atoms with Crippen LogP contribution in [0.2, 0.25) is 0 Å². The van der Waals surface area contributed by atoms with Crippen molar-refractivity contribution < 1.29 is 8.42 Å². The molecule has 0 spiro atoms. The van der Waals surface area contributed by atoms with Gasteiger partial charge in [0.05, 0.1) is 4.75 Å². The summed E-state index contributed by atoms with van der Waals surface area (Å²) in [6, 6.07) is 7.23. The second-order valence-electron chi connectivity index (χ2n) is 4.25. The Balaban J connectivity index is 2.53. The minimum atomic E-state index is -3.05. The summed E-state index contributed by atoms with van der Waals surface area (Å²) >= 11 is 0. The molecule has 82 valence electrons. The molecular weight excluding hydrogens is 210 g/mol. The van der Waals surface area contributed by atoms with Crippen LogP contribution in [0.4, 0.5) is 5.69 Å². The lowest BCUT2D eigenvalue weighted by Gasteiger charge is -2.40. The zero-order valence-electron chi connectivity index (χ0n) is 8.73. The lowest BCUT2D eigenvalue weighted by Crippen LogP contribution is -2.41. The van der Waals surface area contributed by atoms with Crippen molar-refractivity contribution in [1.29, 1.82) is 0 Å². The minimum Gasteiger partial charge on any atom is -0.399 e. The van der Waals surface area contributed by atoms with Crippen molar-refractivity contribution in [2.75, 3.05) is 12.0 Å². The third-order valence-electron chi connectivity index (χ3n) is 3.28. The van der Waals surface area contributed by atoms with E-state index in [2.05, 4.69) is 0 Å². The molecule has 0 unspecified atom stereocenters. The fourth-order valence-electron chi connectivity index (χ4n) is 2.19. The molecular formula is C11H15NO2S. The number of hydrogen-bond acceptors (Lipinski definition) is 3. The highest BCUT2D eigenvalue weighted by Gasteiger charge is 2.47. The summed E-state index contributed by atoms with van der Waals surface area (Å²) in [5.41, 5.74) is 7.15. The van der Waals surface area contributed by atoms with E-state index in [1.54, 1.807) is 12.1 Å². The van der Waals surface area contributed by atoms with Gasteiger partial charge in [-0.05, 0) is 37.0 Å². The van der Waals surface area contributed by atoms with Gasteiger partial charge in [-0.15, -0.1) is 0 Å². The molecule has 1 fully saturated rings. The maximum atomic E-state index is 11.8.